The summed E-state index contributed by atoms with van der Waals surface area (Å²) in [5.74, 6) is 0.336. The summed E-state index contributed by atoms with van der Waals surface area (Å²) in [6, 6.07) is 5.76. The predicted molar refractivity (Wildman–Crippen MR) is 86.3 cm³/mol. The van der Waals surface area contributed by atoms with Crippen molar-refractivity contribution in [1.82, 2.24) is 4.98 Å². The third-order valence-corrected chi connectivity index (χ3v) is 5.10. The molecule has 1 aromatic carbocycles. The van der Waals surface area contributed by atoms with Crippen LogP contribution < -0.4 is 10.5 Å². The van der Waals surface area contributed by atoms with Crippen molar-refractivity contribution < 1.29 is 9.53 Å². The summed E-state index contributed by atoms with van der Waals surface area (Å²) in [5.41, 5.74) is 6.06. The van der Waals surface area contributed by atoms with E-state index in [0.717, 1.165) is 30.6 Å². The van der Waals surface area contributed by atoms with Gasteiger partial charge in [0.25, 0.3) is 0 Å². The van der Waals surface area contributed by atoms with E-state index >= 15 is 0 Å². The molecule has 3 aromatic rings. The highest BCUT2D eigenvalue weighted by molar-refractivity contribution is 7.19. The van der Waals surface area contributed by atoms with Crippen LogP contribution in [0.4, 0.5) is 0 Å². The molecule has 0 unspecified atom stereocenters. The smallest absolute Gasteiger partial charge is 0.250 e. The Morgan fingerprint density at radius 3 is 2.81 bits per heavy atom. The molecule has 0 fully saturated rings. The first-order chi connectivity index (χ1) is 10.0. The Bertz CT molecular complexity index is 820. The maximum atomic E-state index is 11.6. The van der Waals surface area contributed by atoms with E-state index in [0.29, 0.717) is 12.2 Å². The lowest BCUT2D eigenvalue weighted by atomic mass is 10.1. The Morgan fingerprint density at radius 1 is 1.33 bits per heavy atom. The third-order valence-electron chi connectivity index (χ3n) is 3.13. The van der Waals surface area contributed by atoms with Crippen molar-refractivity contribution in [2.24, 2.45) is 5.73 Å². The zero-order chi connectivity index (χ0) is 15.0. The zero-order valence-electron chi connectivity index (χ0n) is 11.7. The summed E-state index contributed by atoms with van der Waals surface area (Å²) in [6.45, 7) is 4.35. The number of carbonyl (C=O) groups excluding carboxylic acids is 1. The fraction of sp³-hybridized carbons (Fsp3) is 0.200. The first kappa shape index (κ1) is 14.0. The number of hydrogen-bond donors (Lipinski definition) is 1. The van der Waals surface area contributed by atoms with Crippen LogP contribution in [-0.2, 0) is 6.61 Å². The van der Waals surface area contributed by atoms with Gasteiger partial charge in [-0.3, -0.25) is 4.79 Å². The van der Waals surface area contributed by atoms with Crippen molar-refractivity contribution in [3.63, 3.8) is 0 Å². The second kappa shape index (κ2) is 5.46. The van der Waals surface area contributed by atoms with Gasteiger partial charge < -0.3 is 10.5 Å². The van der Waals surface area contributed by atoms with Crippen LogP contribution >= 0.6 is 22.7 Å². The molecule has 2 aromatic heterocycles. The number of thiazole rings is 1. The number of rotatable bonds is 4. The fourth-order valence-corrected chi connectivity index (χ4v) is 3.98. The Hall–Kier alpha value is -1.92. The highest BCUT2D eigenvalue weighted by Crippen LogP contribution is 2.33. The van der Waals surface area contributed by atoms with Crippen molar-refractivity contribution in [3.05, 3.63) is 44.7 Å². The number of fused-ring (bicyclic) bond motifs is 1. The van der Waals surface area contributed by atoms with Gasteiger partial charge in [-0.05, 0) is 32.0 Å². The average Bonchev–Trinajstić information content (AvgIpc) is 2.98. The largest absolute Gasteiger partial charge is 0.488 e. The van der Waals surface area contributed by atoms with Crippen LogP contribution in [0.25, 0.3) is 10.1 Å². The number of nitrogens with two attached hydrogens (primary N) is 1. The predicted octanol–water partition coefficient (Wildman–Crippen LogP) is 3.65. The van der Waals surface area contributed by atoms with Crippen LogP contribution in [0.2, 0.25) is 0 Å². The molecule has 0 radical (unpaired) electrons. The summed E-state index contributed by atoms with van der Waals surface area (Å²) in [6.07, 6.45) is 1.82. The molecule has 2 heterocycles. The zero-order valence-corrected chi connectivity index (χ0v) is 13.3. The summed E-state index contributed by atoms with van der Waals surface area (Å²) < 4.78 is 6.82. The number of hydrogen-bond acceptors (Lipinski definition) is 5. The molecule has 2 N–H and O–H groups in total. The standard InChI is InChI=1S/C15H14N2O2S2/c1-8-14(15(16)18)12-5-10(3-4-13(12)20-8)19-7-11-6-17-9(2)21-11/h3-6H,7H2,1-2H3,(H2,16,18). The molecular weight excluding hydrogens is 304 g/mol. The Balaban J connectivity index is 1.89. The van der Waals surface area contributed by atoms with Gasteiger partial charge in [0.05, 0.1) is 15.4 Å². The van der Waals surface area contributed by atoms with Gasteiger partial charge in [-0.15, -0.1) is 22.7 Å². The molecule has 108 valence electrons. The maximum absolute atomic E-state index is 11.6. The first-order valence-corrected chi connectivity index (χ1v) is 8.05. The van der Waals surface area contributed by atoms with Gasteiger partial charge in [0.15, 0.2) is 0 Å². The number of carbonyl (C=O) groups is 1. The minimum absolute atomic E-state index is 0.394. The molecule has 6 heteroatoms. The fourth-order valence-electron chi connectivity index (χ4n) is 2.22. The minimum atomic E-state index is -0.394. The van der Waals surface area contributed by atoms with E-state index in [4.69, 9.17) is 10.5 Å². The molecule has 0 aliphatic carbocycles. The quantitative estimate of drug-likeness (QED) is 0.798. The number of amides is 1. The van der Waals surface area contributed by atoms with Gasteiger partial charge in [-0.1, -0.05) is 0 Å². The van der Waals surface area contributed by atoms with Crippen LogP contribution in [0.3, 0.4) is 0 Å². The van der Waals surface area contributed by atoms with E-state index < -0.39 is 5.91 Å². The van der Waals surface area contributed by atoms with Crippen molar-refractivity contribution in [2.75, 3.05) is 0 Å². The van der Waals surface area contributed by atoms with Crippen LogP contribution in [0.15, 0.2) is 24.4 Å². The number of aryl methyl sites for hydroxylation is 2. The Labute approximate surface area is 130 Å². The number of primary amides is 1. The van der Waals surface area contributed by atoms with Gasteiger partial charge in [0, 0.05) is 21.2 Å². The van der Waals surface area contributed by atoms with Crippen molar-refractivity contribution in [1.29, 1.82) is 0 Å². The molecule has 0 bridgehead atoms. The molecule has 0 aliphatic heterocycles. The molecule has 0 saturated carbocycles. The van der Waals surface area contributed by atoms with Crippen LogP contribution in [-0.4, -0.2) is 10.9 Å². The third kappa shape index (κ3) is 2.77. The molecule has 4 nitrogen and oxygen atoms in total. The monoisotopic (exact) mass is 318 g/mol. The maximum Gasteiger partial charge on any atom is 0.250 e. The molecule has 0 saturated heterocycles. The second-order valence-corrected chi connectivity index (χ2v) is 7.27. The molecule has 3 rings (SSSR count). The summed E-state index contributed by atoms with van der Waals surface area (Å²) in [4.78, 5) is 17.8. The normalized spacial score (nSPS) is 11.0. The van der Waals surface area contributed by atoms with Gasteiger partial charge in [0.1, 0.15) is 12.4 Å². The lowest BCUT2D eigenvalue weighted by Crippen LogP contribution is -2.11. The van der Waals surface area contributed by atoms with Crippen molar-refractivity contribution >= 4 is 38.7 Å². The summed E-state index contributed by atoms with van der Waals surface area (Å²) >= 11 is 3.18. The van der Waals surface area contributed by atoms with Crippen LogP contribution in [0.5, 0.6) is 5.75 Å². The number of ether oxygens (including phenoxy) is 1. The Kier molecular flexibility index (Phi) is 3.65. The lowest BCUT2D eigenvalue weighted by Gasteiger charge is -2.05. The van der Waals surface area contributed by atoms with Crippen molar-refractivity contribution in [3.8, 4) is 5.75 Å². The van der Waals surface area contributed by atoms with Crippen LogP contribution in [0.1, 0.15) is 25.1 Å². The molecular formula is C15H14N2O2S2. The second-order valence-electron chi connectivity index (χ2n) is 4.69. The highest BCUT2D eigenvalue weighted by atomic mass is 32.1. The SMILES string of the molecule is Cc1ncc(COc2ccc3sc(C)c(C(N)=O)c3c2)s1. The number of nitrogens with zero attached hydrogens (tertiary/aromatic N) is 1. The van der Waals surface area contributed by atoms with E-state index in [1.807, 2.05) is 38.2 Å². The topological polar surface area (TPSA) is 65.2 Å². The minimum Gasteiger partial charge on any atom is -0.488 e. The van der Waals surface area contributed by atoms with Gasteiger partial charge in [-0.25, -0.2) is 4.98 Å². The average molecular weight is 318 g/mol. The molecule has 0 atom stereocenters. The van der Waals surface area contributed by atoms with E-state index in [1.54, 1.807) is 22.7 Å². The van der Waals surface area contributed by atoms with E-state index in [-0.39, 0.29) is 0 Å². The van der Waals surface area contributed by atoms with E-state index in [1.165, 1.54) is 0 Å². The van der Waals surface area contributed by atoms with Crippen molar-refractivity contribution in [2.45, 2.75) is 20.5 Å². The van der Waals surface area contributed by atoms with E-state index in [2.05, 4.69) is 4.98 Å². The molecule has 0 spiro atoms. The molecule has 21 heavy (non-hydrogen) atoms. The highest BCUT2D eigenvalue weighted by Gasteiger charge is 2.14. The van der Waals surface area contributed by atoms with Gasteiger partial charge in [-0.2, -0.15) is 0 Å². The number of benzene rings is 1. The first-order valence-electron chi connectivity index (χ1n) is 6.41. The molecule has 0 aliphatic rings. The lowest BCUT2D eigenvalue weighted by molar-refractivity contribution is 0.100. The Morgan fingerprint density at radius 2 is 2.14 bits per heavy atom. The van der Waals surface area contributed by atoms with Crippen LogP contribution in [0, 0.1) is 13.8 Å². The summed E-state index contributed by atoms with van der Waals surface area (Å²) in [5, 5.41) is 1.89. The summed E-state index contributed by atoms with van der Waals surface area (Å²) in [7, 11) is 0. The van der Waals surface area contributed by atoms with Gasteiger partial charge >= 0.3 is 0 Å². The molecule has 1 amide bonds. The van der Waals surface area contributed by atoms with E-state index in [9.17, 15) is 4.79 Å². The number of thiophene rings is 1. The number of aromatic nitrogens is 1. The van der Waals surface area contributed by atoms with Gasteiger partial charge in [0.2, 0.25) is 5.91 Å².